The predicted molar refractivity (Wildman–Crippen MR) is 109 cm³/mol. The van der Waals surface area contributed by atoms with E-state index >= 15 is 0 Å². The van der Waals surface area contributed by atoms with Crippen molar-refractivity contribution in [2.45, 2.75) is 26.3 Å². The minimum atomic E-state index is 0.740. The second-order valence-electron chi connectivity index (χ2n) is 6.43. The number of ether oxygens (including phenoxy) is 1. The van der Waals surface area contributed by atoms with Gasteiger partial charge in [0.2, 0.25) is 0 Å². The van der Waals surface area contributed by atoms with Gasteiger partial charge in [-0.05, 0) is 61.0 Å². The Hall–Kier alpha value is -2.59. The van der Waals surface area contributed by atoms with Crippen LogP contribution in [0.5, 0.6) is 5.75 Å². The lowest BCUT2D eigenvalue weighted by atomic mass is 10.2. The van der Waals surface area contributed by atoms with E-state index in [0.29, 0.717) is 0 Å². The van der Waals surface area contributed by atoms with Crippen LogP contribution in [0.15, 0.2) is 66.0 Å². The fraction of sp³-hybridized carbons (Fsp3) is 0.227. The summed E-state index contributed by atoms with van der Waals surface area (Å²) in [7, 11) is 0. The van der Waals surface area contributed by atoms with Crippen LogP contribution in [0.3, 0.4) is 0 Å². The fourth-order valence-corrected chi connectivity index (χ4v) is 3.89. The molecule has 0 N–H and O–H groups in total. The number of thiophene rings is 1. The lowest BCUT2D eigenvalue weighted by molar-refractivity contribution is 0.303. The average molecular weight is 362 g/mol. The Morgan fingerprint density at radius 2 is 1.92 bits per heavy atom. The first kappa shape index (κ1) is 16.9. The molecular formula is C22H22N2OS. The zero-order chi connectivity index (χ0) is 17.8. The van der Waals surface area contributed by atoms with Crippen LogP contribution in [0.25, 0.3) is 21.7 Å². The van der Waals surface area contributed by atoms with Gasteiger partial charge < -0.3 is 9.30 Å². The van der Waals surface area contributed by atoms with Crippen LogP contribution in [0, 0.1) is 6.92 Å². The molecule has 0 aliphatic rings. The number of nitrogens with zero attached hydrogens (tertiary/aromatic N) is 2. The summed E-state index contributed by atoms with van der Waals surface area (Å²) in [5, 5.41) is 2.11. The monoisotopic (exact) mass is 362 g/mol. The van der Waals surface area contributed by atoms with Crippen molar-refractivity contribution >= 4 is 22.4 Å². The zero-order valence-corrected chi connectivity index (χ0v) is 15.7. The minimum absolute atomic E-state index is 0.740. The molecule has 0 atom stereocenters. The van der Waals surface area contributed by atoms with Crippen molar-refractivity contribution in [2.75, 3.05) is 6.61 Å². The topological polar surface area (TPSA) is 27.1 Å². The Kier molecular flexibility index (Phi) is 5.02. The molecule has 0 radical (unpaired) electrons. The number of unbranched alkanes of at least 4 members (excludes halogenated alkanes) is 1. The third-order valence-electron chi connectivity index (χ3n) is 4.43. The minimum Gasteiger partial charge on any atom is -0.494 e. The van der Waals surface area contributed by atoms with Crippen LogP contribution >= 0.6 is 11.3 Å². The number of hydrogen-bond donors (Lipinski definition) is 0. The molecule has 0 bridgehead atoms. The molecule has 4 rings (SSSR count). The van der Waals surface area contributed by atoms with Crippen molar-refractivity contribution in [3.8, 4) is 16.5 Å². The molecule has 0 aliphatic heterocycles. The average Bonchev–Trinajstić information content (AvgIpc) is 3.29. The van der Waals surface area contributed by atoms with E-state index in [1.54, 1.807) is 11.3 Å². The van der Waals surface area contributed by atoms with Gasteiger partial charge in [-0.15, -0.1) is 11.3 Å². The van der Waals surface area contributed by atoms with Crippen LogP contribution in [-0.2, 0) is 6.54 Å². The van der Waals surface area contributed by atoms with Crippen molar-refractivity contribution in [1.82, 2.24) is 9.55 Å². The fourth-order valence-electron chi connectivity index (χ4n) is 3.16. The van der Waals surface area contributed by atoms with Gasteiger partial charge in [-0.3, -0.25) is 0 Å². The van der Waals surface area contributed by atoms with Crippen molar-refractivity contribution in [1.29, 1.82) is 0 Å². The van der Waals surface area contributed by atoms with Gasteiger partial charge in [0.1, 0.15) is 5.75 Å². The molecule has 4 aromatic rings. The van der Waals surface area contributed by atoms with E-state index in [1.807, 2.05) is 18.2 Å². The highest BCUT2D eigenvalue weighted by molar-refractivity contribution is 7.13. The first-order valence-electron chi connectivity index (χ1n) is 9.00. The number of fused-ring (bicyclic) bond motifs is 1. The number of benzene rings is 2. The third-order valence-corrected chi connectivity index (χ3v) is 5.30. The van der Waals surface area contributed by atoms with E-state index in [0.717, 1.165) is 43.1 Å². The van der Waals surface area contributed by atoms with Gasteiger partial charge in [0.05, 0.1) is 22.5 Å². The first-order valence-corrected chi connectivity index (χ1v) is 9.88. The standard InChI is InChI=1S/C22H22N2OS/c1-17-8-6-9-18(16-17)25-14-5-4-13-24-20-11-3-2-10-19(20)23-22(24)21-12-7-15-26-21/h2-3,6-12,15-16H,4-5,13-14H2,1H3. The Balaban J connectivity index is 1.43. The van der Waals surface area contributed by atoms with Crippen molar-refractivity contribution in [2.24, 2.45) is 0 Å². The molecule has 0 saturated heterocycles. The molecule has 0 unspecified atom stereocenters. The van der Waals surface area contributed by atoms with E-state index in [-0.39, 0.29) is 0 Å². The van der Waals surface area contributed by atoms with E-state index in [2.05, 4.69) is 59.3 Å². The maximum atomic E-state index is 5.87. The molecular weight excluding hydrogens is 340 g/mol. The Morgan fingerprint density at radius 3 is 2.77 bits per heavy atom. The van der Waals surface area contributed by atoms with E-state index in [1.165, 1.54) is 16.0 Å². The van der Waals surface area contributed by atoms with Crippen LogP contribution in [-0.4, -0.2) is 16.2 Å². The summed E-state index contributed by atoms with van der Waals surface area (Å²) < 4.78 is 8.21. The summed E-state index contributed by atoms with van der Waals surface area (Å²) in [5.74, 6) is 2.03. The molecule has 0 fully saturated rings. The highest BCUT2D eigenvalue weighted by atomic mass is 32.1. The normalized spacial score (nSPS) is 11.1. The lowest BCUT2D eigenvalue weighted by Crippen LogP contribution is -2.03. The smallest absolute Gasteiger partial charge is 0.151 e. The van der Waals surface area contributed by atoms with Gasteiger partial charge in [-0.2, -0.15) is 0 Å². The van der Waals surface area contributed by atoms with Crippen molar-refractivity contribution in [3.63, 3.8) is 0 Å². The molecule has 3 nitrogen and oxygen atoms in total. The van der Waals surface area contributed by atoms with Gasteiger partial charge in [-0.1, -0.05) is 30.3 Å². The van der Waals surface area contributed by atoms with Gasteiger partial charge in [0, 0.05) is 6.54 Å². The molecule has 0 spiro atoms. The summed E-state index contributed by atoms with van der Waals surface area (Å²) >= 11 is 1.74. The number of rotatable bonds is 7. The Labute approximate surface area is 157 Å². The second kappa shape index (κ2) is 7.75. The van der Waals surface area contributed by atoms with E-state index in [9.17, 15) is 0 Å². The zero-order valence-electron chi connectivity index (χ0n) is 14.9. The lowest BCUT2D eigenvalue weighted by Gasteiger charge is -2.10. The molecule has 0 saturated carbocycles. The molecule has 2 aromatic heterocycles. The van der Waals surface area contributed by atoms with Gasteiger partial charge in [-0.25, -0.2) is 4.98 Å². The summed E-state index contributed by atoms with van der Waals surface area (Å²) in [5.41, 5.74) is 3.50. The van der Waals surface area contributed by atoms with Crippen LogP contribution in [0.2, 0.25) is 0 Å². The van der Waals surface area contributed by atoms with Crippen LogP contribution in [0.4, 0.5) is 0 Å². The van der Waals surface area contributed by atoms with Crippen LogP contribution in [0.1, 0.15) is 18.4 Å². The quantitative estimate of drug-likeness (QED) is 0.381. The van der Waals surface area contributed by atoms with Gasteiger partial charge >= 0.3 is 0 Å². The molecule has 132 valence electrons. The molecule has 4 heteroatoms. The molecule has 0 amide bonds. The number of para-hydroxylation sites is 2. The van der Waals surface area contributed by atoms with Gasteiger partial charge in [0.25, 0.3) is 0 Å². The first-order chi connectivity index (χ1) is 12.8. The number of aryl methyl sites for hydroxylation is 2. The van der Waals surface area contributed by atoms with Crippen LogP contribution < -0.4 is 4.74 Å². The van der Waals surface area contributed by atoms with E-state index in [4.69, 9.17) is 9.72 Å². The third kappa shape index (κ3) is 3.65. The number of aromatic nitrogens is 2. The number of hydrogen-bond acceptors (Lipinski definition) is 3. The van der Waals surface area contributed by atoms with Gasteiger partial charge in [0.15, 0.2) is 5.82 Å². The highest BCUT2D eigenvalue weighted by Crippen LogP contribution is 2.28. The molecule has 26 heavy (non-hydrogen) atoms. The van der Waals surface area contributed by atoms with Crippen molar-refractivity contribution < 1.29 is 4.74 Å². The summed E-state index contributed by atoms with van der Waals surface area (Å²) in [6.45, 7) is 3.78. The molecule has 2 aromatic carbocycles. The molecule has 0 aliphatic carbocycles. The Morgan fingerprint density at radius 1 is 1.00 bits per heavy atom. The highest BCUT2D eigenvalue weighted by Gasteiger charge is 2.12. The maximum absolute atomic E-state index is 5.87. The predicted octanol–water partition coefficient (Wildman–Crippen LogP) is 5.93. The summed E-state index contributed by atoms with van der Waals surface area (Å²) in [6.07, 6.45) is 2.08. The maximum Gasteiger partial charge on any atom is 0.151 e. The second-order valence-corrected chi connectivity index (χ2v) is 7.37. The number of imidazole rings is 1. The SMILES string of the molecule is Cc1cccc(OCCCCn2c(-c3cccs3)nc3ccccc32)c1. The Bertz CT molecular complexity index is 988. The van der Waals surface area contributed by atoms with Crippen molar-refractivity contribution in [3.05, 3.63) is 71.6 Å². The molecule has 2 heterocycles. The van der Waals surface area contributed by atoms with E-state index < -0.39 is 0 Å². The summed E-state index contributed by atoms with van der Waals surface area (Å²) in [4.78, 5) is 6.07. The largest absolute Gasteiger partial charge is 0.494 e. The summed E-state index contributed by atoms with van der Waals surface area (Å²) in [6, 6.07) is 20.8.